The highest BCUT2D eigenvalue weighted by Crippen LogP contribution is 2.28. The molecule has 11 heteroatoms. The second kappa shape index (κ2) is 10.2. The van der Waals surface area contributed by atoms with Crippen LogP contribution >= 0.6 is 0 Å². The average Bonchev–Trinajstić information content (AvgIpc) is 2.83. The number of nitrogens with zero attached hydrogens (tertiary/aromatic N) is 3. The molecule has 0 spiro atoms. The number of pyridine rings is 1. The van der Waals surface area contributed by atoms with E-state index in [2.05, 4.69) is 29.7 Å². The number of aromatic nitrogens is 3. The molecule has 180 valence electrons. The van der Waals surface area contributed by atoms with Gasteiger partial charge in [0.15, 0.2) is 11.5 Å². The van der Waals surface area contributed by atoms with Gasteiger partial charge in [0.05, 0.1) is 19.1 Å². The van der Waals surface area contributed by atoms with E-state index in [4.69, 9.17) is 9.47 Å². The van der Waals surface area contributed by atoms with E-state index in [1.54, 1.807) is 12.1 Å². The molecule has 11 nitrogen and oxygen atoms in total. The SMILES string of the molecule is COc1cc(C(=O)NNC(=O)c2ccc3c(=O)n(C)c(=O)n(C)c3n2)ccc1OCCC(C)C. The van der Waals surface area contributed by atoms with Crippen LogP contribution in [0.25, 0.3) is 11.0 Å². The molecule has 0 aliphatic rings. The van der Waals surface area contributed by atoms with Gasteiger partial charge in [0.25, 0.3) is 17.4 Å². The van der Waals surface area contributed by atoms with Crippen LogP contribution in [0.5, 0.6) is 11.5 Å². The van der Waals surface area contributed by atoms with Gasteiger partial charge < -0.3 is 9.47 Å². The number of benzene rings is 1. The Morgan fingerprint density at radius 3 is 2.38 bits per heavy atom. The quantitative estimate of drug-likeness (QED) is 0.496. The van der Waals surface area contributed by atoms with Crippen molar-refractivity contribution in [1.82, 2.24) is 25.0 Å². The van der Waals surface area contributed by atoms with Gasteiger partial charge in [0, 0.05) is 19.7 Å². The van der Waals surface area contributed by atoms with Gasteiger partial charge in [-0.25, -0.2) is 9.78 Å². The van der Waals surface area contributed by atoms with Crippen LogP contribution in [-0.2, 0) is 14.1 Å². The Kier molecular flexibility index (Phi) is 7.34. The standard InChI is InChI=1S/C23H27N5O6/c1-13(2)10-11-34-17-9-6-14(12-18(17)33-5)20(29)25-26-21(30)16-8-7-15-19(24-16)27(3)23(32)28(4)22(15)31/h6-9,12-13H,10-11H2,1-5H3,(H,25,29)(H,26,30). The van der Waals surface area contributed by atoms with E-state index < -0.39 is 23.1 Å². The summed E-state index contributed by atoms with van der Waals surface area (Å²) in [5, 5.41) is 0.188. The number of amides is 2. The van der Waals surface area contributed by atoms with Gasteiger partial charge in [-0.2, -0.15) is 0 Å². The number of hydrazine groups is 1. The fourth-order valence-corrected chi connectivity index (χ4v) is 3.16. The van der Waals surface area contributed by atoms with Crippen LogP contribution in [0.1, 0.15) is 41.1 Å². The molecule has 0 saturated carbocycles. The monoisotopic (exact) mass is 469 g/mol. The van der Waals surface area contributed by atoms with Gasteiger partial charge >= 0.3 is 5.69 Å². The molecule has 0 atom stereocenters. The Labute approximate surface area is 195 Å². The summed E-state index contributed by atoms with van der Waals surface area (Å²) < 4.78 is 13.2. The smallest absolute Gasteiger partial charge is 0.332 e. The van der Waals surface area contributed by atoms with Gasteiger partial charge in [-0.1, -0.05) is 13.8 Å². The molecule has 2 amide bonds. The van der Waals surface area contributed by atoms with E-state index in [0.717, 1.165) is 11.0 Å². The minimum absolute atomic E-state index is 0.0601. The molecule has 34 heavy (non-hydrogen) atoms. The van der Waals surface area contributed by atoms with E-state index >= 15 is 0 Å². The van der Waals surface area contributed by atoms with E-state index in [0.29, 0.717) is 24.0 Å². The summed E-state index contributed by atoms with van der Waals surface area (Å²) >= 11 is 0. The molecular formula is C23H27N5O6. The van der Waals surface area contributed by atoms with Crippen molar-refractivity contribution in [2.45, 2.75) is 20.3 Å². The Hall–Kier alpha value is -4.15. The predicted octanol–water partition coefficient (Wildman–Crippen LogP) is 1.14. The van der Waals surface area contributed by atoms with Crippen molar-refractivity contribution < 1.29 is 19.1 Å². The van der Waals surface area contributed by atoms with E-state index in [1.807, 2.05) is 0 Å². The van der Waals surface area contributed by atoms with Crippen LogP contribution in [0.4, 0.5) is 0 Å². The molecule has 2 heterocycles. The molecule has 0 aliphatic carbocycles. The lowest BCUT2D eigenvalue weighted by Gasteiger charge is -2.13. The maximum Gasteiger partial charge on any atom is 0.332 e. The number of fused-ring (bicyclic) bond motifs is 1. The van der Waals surface area contributed by atoms with Crippen LogP contribution in [0.3, 0.4) is 0 Å². The molecule has 3 rings (SSSR count). The van der Waals surface area contributed by atoms with Gasteiger partial charge in [-0.3, -0.25) is 34.4 Å². The number of carbonyl (C=O) groups excluding carboxylic acids is 2. The molecule has 0 saturated heterocycles. The Balaban J connectivity index is 1.72. The summed E-state index contributed by atoms with van der Waals surface area (Å²) in [6.45, 7) is 4.71. The van der Waals surface area contributed by atoms with Crippen molar-refractivity contribution in [3.8, 4) is 11.5 Å². The second-order valence-electron chi connectivity index (χ2n) is 8.08. The number of methoxy groups -OCH3 is 1. The van der Waals surface area contributed by atoms with Gasteiger partial charge in [-0.15, -0.1) is 0 Å². The highest BCUT2D eigenvalue weighted by atomic mass is 16.5. The summed E-state index contributed by atoms with van der Waals surface area (Å²) in [5.41, 5.74) is 3.72. The molecule has 0 fully saturated rings. The minimum atomic E-state index is -0.719. The molecule has 0 unspecified atom stereocenters. The first-order valence-electron chi connectivity index (χ1n) is 10.6. The lowest BCUT2D eigenvalue weighted by Crippen LogP contribution is -2.42. The fourth-order valence-electron chi connectivity index (χ4n) is 3.16. The number of hydrogen-bond acceptors (Lipinski definition) is 7. The number of carbonyl (C=O) groups is 2. The zero-order valence-electron chi connectivity index (χ0n) is 19.7. The molecule has 3 aromatic rings. The van der Waals surface area contributed by atoms with Crippen molar-refractivity contribution in [2.24, 2.45) is 20.0 Å². The van der Waals surface area contributed by atoms with Gasteiger partial charge in [0.1, 0.15) is 11.3 Å². The fraction of sp³-hybridized carbons (Fsp3) is 0.348. The first-order chi connectivity index (χ1) is 16.1. The summed E-state index contributed by atoms with van der Waals surface area (Å²) in [7, 11) is 4.28. The first-order valence-corrected chi connectivity index (χ1v) is 10.6. The lowest BCUT2D eigenvalue weighted by atomic mass is 10.1. The van der Waals surface area contributed by atoms with Crippen LogP contribution in [-0.4, -0.2) is 39.6 Å². The highest BCUT2D eigenvalue weighted by Gasteiger charge is 2.16. The number of aryl methyl sites for hydroxylation is 1. The maximum atomic E-state index is 12.5. The third kappa shape index (κ3) is 5.08. The van der Waals surface area contributed by atoms with Crippen LogP contribution in [0, 0.1) is 5.92 Å². The Bertz CT molecular complexity index is 1360. The number of rotatable bonds is 7. The van der Waals surface area contributed by atoms with E-state index in [-0.39, 0.29) is 22.3 Å². The largest absolute Gasteiger partial charge is 0.493 e. The van der Waals surface area contributed by atoms with E-state index in [9.17, 15) is 19.2 Å². The number of nitrogens with one attached hydrogen (secondary N) is 2. The minimum Gasteiger partial charge on any atom is -0.493 e. The third-order valence-electron chi connectivity index (χ3n) is 5.20. The second-order valence-corrected chi connectivity index (χ2v) is 8.08. The molecule has 1 aromatic carbocycles. The lowest BCUT2D eigenvalue weighted by molar-refractivity contribution is 0.0844. The third-order valence-corrected chi connectivity index (χ3v) is 5.20. The van der Waals surface area contributed by atoms with Crippen molar-refractivity contribution in [3.05, 3.63) is 62.4 Å². The summed E-state index contributed by atoms with van der Waals surface area (Å²) in [6.07, 6.45) is 0.878. The molecule has 0 bridgehead atoms. The molecular weight excluding hydrogens is 442 g/mol. The summed E-state index contributed by atoms with van der Waals surface area (Å²) in [4.78, 5) is 53.5. The molecule has 2 aromatic heterocycles. The topological polar surface area (TPSA) is 134 Å². The van der Waals surface area contributed by atoms with Crippen molar-refractivity contribution in [2.75, 3.05) is 13.7 Å². The van der Waals surface area contributed by atoms with Crippen molar-refractivity contribution >= 4 is 22.8 Å². The molecule has 2 N–H and O–H groups in total. The summed E-state index contributed by atoms with van der Waals surface area (Å²) in [5.74, 6) is 0.0978. The summed E-state index contributed by atoms with van der Waals surface area (Å²) in [6, 6.07) is 7.42. The molecule has 0 radical (unpaired) electrons. The zero-order valence-corrected chi connectivity index (χ0v) is 19.7. The van der Waals surface area contributed by atoms with Crippen molar-refractivity contribution in [1.29, 1.82) is 0 Å². The van der Waals surface area contributed by atoms with Crippen molar-refractivity contribution in [3.63, 3.8) is 0 Å². The number of ether oxygens (including phenoxy) is 2. The van der Waals surface area contributed by atoms with E-state index in [1.165, 1.54) is 44.0 Å². The van der Waals surface area contributed by atoms with Crippen LogP contribution < -0.4 is 31.6 Å². The Morgan fingerprint density at radius 2 is 1.71 bits per heavy atom. The highest BCUT2D eigenvalue weighted by molar-refractivity contribution is 5.99. The average molecular weight is 469 g/mol. The van der Waals surface area contributed by atoms with Gasteiger partial charge in [0.2, 0.25) is 0 Å². The first kappa shape index (κ1) is 24.5. The van der Waals surface area contributed by atoms with Crippen LogP contribution in [0.15, 0.2) is 39.9 Å². The maximum absolute atomic E-state index is 12.5. The predicted molar refractivity (Wildman–Crippen MR) is 125 cm³/mol. The Morgan fingerprint density at radius 1 is 1.00 bits per heavy atom. The van der Waals surface area contributed by atoms with Crippen LogP contribution in [0.2, 0.25) is 0 Å². The number of hydrogen-bond donors (Lipinski definition) is 2. The molecule has 0 aliphatic heterocycles. The van der Waals surface area contributed by atoms with Gasteiger partial charge in [-0.05, 0) is 42.7 Å². The zero-order chi connectivity index (χ0) is 25.0. The normalized spacial score (nSPS) is 10.9.